The Morgan fingerprint density at radius 2 is 0.942 bits per heavy atom. The van der Waals surface area contributed by atoms with Crippen molar-refractivity contribution in [2.24, 2.45) is 0 Å². The van der Waals surface area contributed by atoms with Gasteiger partial charge in [0.1, 0.15) is 13.2 Å². The summed E-state index contributed by atoms with van der Waals surface area (Å²) in [7, 11) is 1.31. The van der Waals surface area contributed by atoms with Gasteiger partial charge in [0, 0.05) is 6.42 Å². The zero-order chi connectivity index (χ0) is 38.6. The number of unbranched alkanes of at least 4 members (excludes halogenated alkanes) is 28. The summed E-state index contributed by atoms with van der Waals surface area (Å²) in [6.07, 6.45) is 38.8. The second-order valence-corrected chi connectivity index (χ2v) is 18.2. The highest BCUT2D eigenvalue weighted by molar-refractivity contribution is 7.45. The van der Waals surface area contributed by atoms with Gasteiger partial charge in [0.2, 0.25) is 5.91 Å². The van der Waals surface area contributed by atoms with Crippen LogP contribution in [0.5, 0.6) is 0 Å². The molecule has 9 heteroatoms. The number of phosphoric ester groups is 1. The van der Waals surface area contributed by atoms with Crippen molar-refractivity contribution in [2.75, 3.05) is 40.9 Å². The standard InChI is InChI=1S/C43H89N2O6P/c1-6-8-10-12-13-14-15-16-17-18-19-20-21-22-23-24-25-26-27-28-29-30-31-33-35-37-43(47)44-41(42(46)36-34-32-11-9-7-2)40-51-52(48,49)50-39-38-45(3,4)5/h41-42,46H,6-40H2,1-5H3,(H-,44,47,48,49). The van der Waals surface area contributed by atoms with Gasteiger partial charge in [0.05, 0.1) is 39.9 Å². The van der Waals surface area contributed by atoms with Crippen molar-refractivity contribution in [2.45, 2.75) is 231 Å². The molecule has 312 valence electrons. The normalized spacial score (nSPS) is 14.4. The Kier molecular flexibility index (Phi) is 35.8. The molecule has 0 aliphatic rings. The van der Waals surface area contributed by atoms with Gasteiger partial charge in [0.15, 0.2) is 0 Å². The van der Waals surface area contributed by atoms with Crippen molar-refractivity contribution in [3.8, 4) is 0 Å². The van der Waals surface area contributed by atoms with E-state index >= 15 is 0 Å². The van der Waals surface area contributed by atoms with Crippen molar-refractivity contribution < 1.29 is 32.9 Å². The van der Waals surface area contributed by atoms with Crippen molar-refractivity contribution in [1.82, 2.24) is 5.32 Å². The monoisotopic (exact) mass is 761 g/mol. The van der Waals surface area contributed by atoms with Gasteiger partial charge in [-0.2, -0.15) is 0 Å². The molecule has 0 aliphatic heterocycles. The average Bonchev–Trinajstić information content (AvgIpc) is 3.09. The van der Waals surface area contributed by atoms with Crippen LogP contribution in [-0.2, 0) is 18.4 Å². The fourth-order valence-corrected chi connectivity index (χ4v) is 7.47. The number of nitrogens with one attached hydrogen (secondary N) is 1. The summed E-state index contributed by atoms with van der Waals surface area (Å²) >= 11 is 0. The second-order valence-electron chi connectivity index (χ2n) is 16.8. The van der Waals surface area contributed by atoms with Crippen LogP contribution in [0.25, 0.3) is 0 Å². The molecule has 0 radical (unpaired) electrons. The van der Waals surface area contributed by atoms with E-state index in [-0.39, 0.29) is 19.1 Å². The molecular formula is C43H89N2O6P. The summed E-state index contributed by atoms with van der Waals surface area (Å²) in [6.45, 7) is 4.65. The van der Waals surface area contributed by atoms with Gasteiger partial charge < -0.3 is 28.8 Å². The van der Waals surface area contributed by atoms with Gasteiger partial charge in [-0.25, -0.2) is 0 Å². The first-order chi connectivity index (χ1) is 25.0. The predicted octanol–water partition coefficient (Wildman–Crippen LogP) is 11.6. The van der Waals surface area contributed by atoms with E-state index < -0.39 is 20.0 Å². The highest BCUT2D eigenvalue weighted by Gasteiger charge is 2.24. The van der Waals surface area contributed by atoms with Crippen molar-refractivity contribution >= 4 is 13.7 Å². The third-order valence-electron chi connectivity index (χ3n) is 10.3. The number of likely N-dealkylation sites (N-methyl/N-ethyl adjacent to an activating group) is 1. The van der Waals surface area contributed by atoms with Crippen LogP contribution in [0, 0.1) is 0 Å². The van der Waals surface area contributed by atoms with Gasteiger partial charge in [0.25, 0.3) is 7.82 Å². The van der Waals surface area contributed by atoms with E-state index in [0.717, 1.165) is 51.4 Å². The maximum Gasteiger partial charge on any atom is 0.268 e. The van der Waals surface area contributed by atoms with Crippen molar-refractivity contribution in [3.05, 3.63) is 0 Å². The van der Waals surface area contributed by atoms with Gasteiger partial charge in [-0.05, 0) is 12.8 Å². The molecule has 0 saturated carbocycles. The van der Waals surface area contributed by atoms with Gasteiger partial charge in [-0.1, -0.05) is 200 Å². The van der Waals surface area contributed by atoms with E-state index in [9.17, 15) is 19.4 Å². The lowest BCUT2D eigenvalue weighted by Crippen LogP contribution is -2.46. The predicted molar refractivity (Wildman–Crippen MR) is 219 cm³/mol. The fraction of sp³-hybridized carbons (Fsp3) is 0.977. The Bertz CT molecular complexity index is 824. The quantitative estimate of drug-likeness (QED) is 0.0365. The van der Waals surface area contributed by atoms with Gasteiger partial charge in [-0.15, -0.1) is 0 Å². The van der Waals surface area contributed by atoms with Gasteiger partial charge in [-0.3, -0.25) is 9.36 Å². The molecule has 2 N–H and O–H groups in total. The molecule has 8 nitrogen and oxygen atoms in total. The first-order valence-corrected chi connectivity index (χ1v) is 23.8. The lowest BCUT2D eigenvalue weighted by Gasteiger charge is -2.30. The van der Waals surface area contributed by atoms with Crippen LogP contribution in [0.4, 0.5) is 0 Å². The Morgan fingerprint density at radius 1 is 0.596 bits per heavy atom. The molecule has 0 aromatic heterocycles. The van der Waals surface area contributed by atoms with E-state index in [1.54, 1.807) is 0 Å². The van der Waals surface area contributed by atoms with Gasteiger partial charge >= 0.3 is 0 Å². The number of quaternary nitrogens is 1. The van der Waals surface area contributed by atoms with Crippen LogP contribution in [0.1, 0.15) is 219 Å². The Morgan fingerprint density at radius 3 is 1.31 bits per heavy atom. The molecule has 3 unspecified atom stereocenters. The number of aliphatic hydroxyl groups excluding tert-OH is 1. The zero-order valence-corrected chi connectivity index (χ0v) is 36.2. The molecule has 3 atom stereocenters. The minimum atomic E-state index is -4.54. The number of phosphoric acid groups is 1. The van der Waals surface area contributed by atoms with E-state index in [1.165, 1.54) is 141 Å². The van der Waals surface area contributed by atoms with Crippen LogP contribution in [0.2, 0.25) is 0 Å². The van der Waals surface area contributed by atoms with E-state index in [2.05, 4.69) is 19.2 Å². The fourth-order valence-electron chi connectivity index (χ4n) is 6.75. The summed E-state index contributed by atoms with van der Waals surface area (Å²) in [5.41, 5.74) is 0. The summed E-state index contributed by atoms with van der Waals surface area (Å²) in [5.74, 6) is -0.167. The lowest BCUT2D eigenvalue weighted by molar-refractivity contribution is -0.870. The van der Waals surface area contributed by atoms with Crippen LogP contribution in [0.15, 0.2) is 0 Å². The SMILES string of the molecule is CCCCCCCCCCCCCCCCCCCCCCCCCCCC(=O)NC(COP(=O)([O-])OCC[N+](C)(C)C)C(O)CCCCCCC. The third-order valence-corrected chi connectivity index (χ3v) is 11.3. The number of carbonyl (C=O) groups excluding carboxylic acids is 1. The van der Waals surface area contributed by atoms with E-state index in [0.29, 0.717) is 23.9 Å². The molecule has 0 bridgehead atoms. The molecule has 52 heavy (non-hydrogen) atoms. The van der Waals surface area contributed by atoms with Crippen LogP contribution < -0.4 is 10.2 Å². The van der Waals surface area contributed by atoms with Crippen LogP contribution >= 0.6 is 7.82 Å². The maximum atomic E-state index is 12.8. The summed E-state index contributed by atoms with van der Waals surface area (Å²) in [5, 5.41) is 13.7. The molecule has 0 spiro atoms. The zero-order valence-electron chi connectivity index (χ0n) is 35.3. The van der Waals surface area contributed by atoms with Crippen molar-refractivity contribution in [1.29, 1.82) is 0 Å². The number of hydrogen-bond acceptors (Lipinski definition) is 6. The Labute approximate surface area is 323 Å². The minimum Gasteiger partial charge on any atom is -0.756 e. The summed E-state index contributed by atoms with van der Waals surface area (Å²) < 4.78 is 23.0. The highest BCUT2D eigenvalue weighted by atomic mass is 31.2. The highest BCUT2D eigenvalue weighted by Crippen LogP contribution is 2.38. The number of nitrogens with zero attached hydrogens (tertiary/aromatic N) is 1. The largest absolute Gasteiger partial charge is 0.756 e. The molecule has 1 amide bonds. The molecule has 0 saturated heterocycles. The van der Waals surface area contributed by atoms with Crippen molar-refractivity contribution in [3.63, 3.8) is 0 Å². The number of aliphatic hydroxyl groups is 1. The molecule has 0 heterocycles. The summed E-state index contributed by atoms with van der Waals surface area (Å²) in [4.78, 5) is 25.1. The molecule has 0 fully saturated rings. The molecule has 0 aromatic rings. The maximum absolute atomic E-state index is 12.8. The van der Waals surface area contributed by atoms with Crippen LogP contribution in [-0.4, -0.2) is 68.5 Å². The minimum absolute atomic E-state index is 0.0148. The van der Waals surface area contributed by atoms with Crippen LogP contribution in [0.3, 0.4) is 0 Å². The Hall–Kier alpha value is -0.500. The number of amides is 1. The molecular weight excluding hydrogens is 671 g/mol. The smallest absolute Gasteiger partial charge is 0.268 e. The lowest BCUT2D eigenvalue weighted by atomic mass is 10.0. The average molecular weight is 761 g/mol. The second kappa shape index (κ2) is 36.2. The Balaban J connectivity index is 3.91. The molecule has 0 aliphatic carbocycles. The van der Waals surface area contributed by atoms with E-state index in [1.807, 2.05) is 21.1 Å². The first kappa shape index (κ1) is 51.5. The number of carbonyl (C=O) groups is 1. The third kappa shape index (κ3) is 37.8. The molecule has 0 rings (SSSR count). The van der Waals surface area contributed by atoms with E-state index in [4.69, 9.17) is 9.05 Å². The molecule has 0 aromatic carbocycles. The summed E-state index contributed by atoms with van der Waals surface area (Å²) in [6, 6.07) is -0.790. The first-order valence-electron chi connectivity index (χ1n) is 22.4. The number of hydrogen-bond donors (Lipinski definition) is 2. The topological polar surface area (TPSA) is 108 Å². The number of rotatable bonds is 41.